The number of esters is 1. The van der Waals surface area contributed by atoms with Crippen molar-refractivity contribution in [3.8, 4) is 34.2 Å². The van der Waals surface area contributed by atoms with E-state index in [1.165, 1.54) is 11.8 Å². The second-order valence-electron chi connectivity index (χ2n) is 6.80. The van der Waals surface area contributed by atoms with Crippen molar-refractivity contribution in [2.75, 3.05) is 5.75 Å². The van der Waals surface area contributed by atoms with Gasteiger partial charge < -0.3 is 4.74 Å². The molecule has 3 aromatic carbocycles. The zero-order valence-electron chi connectivity index (χ0n) is 16.9. The molecule has 0 saturated heterocycles. The lowest BCUT2D eigenvalue weighted by atomic mass is 9.99. The molecule has 1 heterocycles. The third kappa shape index (κ3) is 5.25. The number of nitriles is 1. The fraction of sp³-hybridized carbons (Fsp3) is 0.0385. The molecule has 4 nitrogen and oxygen atoms in total. The van der Waals surface area contributed by atoms with Gasteiger partial charge in [0.25, 0.3) is 0 Å². The molecular formula is C26H17BrN2O2S. The van der Waals surface area contributed by atoms with Gasteiger partial charge in [-0.05, 0) is 35.9 Å². The summed E-state index contributed by atoms with van der Waals surface area (Å²) in [6.07, 6.45) is 0. The van der Waals surface area contributed by atoms with Crippen molar-refractivity contribution in [1.29, 1.82) is 5.26 Å². The summed E-state index contributed by atoms with van der Waals surface area (Å²) in [6, 6.07) is 30.7. The number of hydrogen-bond donors (Lipinski definition) is 0. The van der Waals surface area contributed by atoms with Gasteiger partial charge in [0.1, 0.15) is 16.8 Å². The van der Waals surface area contributed by atoms with Gasteiger partial charge in [0.15, 0.2) is 0 Å². The van der Waals surface area contributed by atoms with Gasteiger partial charge in [0, 0.05) is 15.6 Å². The fourth-order valence-electron chi connectivity index (χ4n) is 3.13. The largest absolute Gasteiger partial charge is 0.426 e. The summed E-state index contributed by atoms with van der Waals surface area (Å²) >= 11 is 4.56. The monoisotopic (exact) mass is 500 g/mol. The first-order chi connectivity index (χ1) is 15.6. The van der Waals surface area contributed by atoms with Crippen LogP contribution in [0.2, 0.25) is 0 Å². The molecule has 0 N–H and O–H groups in total. The molecule has 0 aliphatic rings. The molecule has 156 valence electrons. The Bertz CT molecular complexity index is 1270. The molecule has 0 bridgehead atoms. The van der Waals surface area contributed by atoms with E-state index in [1.54, 1.807) is 24.3 Å². The summed E-state index contributed by atoms with van der Waals surface area (Å²) in [5, 5.41) is 10.4. The van der Waals surface area contributed by atoms with Crippen LogP contribution >= 0.6 is 27.7 Å². The van der Waals surface area contributed by atoms with Gasteiger partial charge >= 0.3 is 5.97 Å². The van der Waals surface area contributed by atoms with E-state index < -0.39 is 5.97 Å². The number of halogens is 1. The van der Waals surface area contributed by atoms with Crippen LogP contribution in [0.25, 0.3) is 22.4 Å². The van der Waals surface area contributed by atoms with Gasteiger partial charge in [-0.25, -0.2) is 4.98 Å². The molecule has 0 aliphatic heterocycles. The van der Waals surface area contributed by atoms with Gasteiger partial charge in [-0.3, -0.25) is 4.79 Å². The van der Waals surface area contributed by atoms with E-state index in [4.69, 9.17) is 9.72 Å². The van der Waals surface area contributed by atoms with Crippen LogP contribution in [0.5, 0.6) is 5.75 Å². The number of carbonyl (C=O) groups excluding carboxylic acids is 1. The maximum Gasteiger partial charge on any atom is 0.321 e. The van der Waals surface area contributed by atoms with E-state index in [2.05, 4.69) is 22.0 Å². The quantitative estimate of drug-likeness (QED) is 0.166. The smallest absolute Gasteiger partial charge is 0.321 e. The van der Waals surface area contributed by atoms with Crippen LogP contribution in [0.1, 0.15) is 5.56 Å². The zero-order valence-corrected chi connectivity index (χ0v) is 19.3. The highest BCUT2D eigenvalue weighted by Gasteiger charge is 2.17. The number of thioether (sulfide) groups is 1. The molecule has 0 atom stereocenters. The second kappa shape index (κ2) is 10.3. The van der Waals surface area contributed by atoms with Crippen molar-refractivity contribution < 1.29 is 9.53 Å². The van der Waals surface area contributed by atoms with E-state index >= 15 is 0 Å². The predicted octanol–water partition coefficient (Wildman–Crippen LogP) is 6.75. The van der Waals surface area contributed by atoms with Crippen molar-refractivity contribution in [2.45, 2.75) is 5.03 Å². The van der Waals surface area contributed by atoms with Crippen molar-refractivity contribution in [3.63, 3.8) is 0 Å². The Kier molecular flexibility index (Phi) is 7.00. The van der Waals surface area contributed by atoms with Crippen LogP contribution in [0.15, 0.2) is 100 Å². The van der Waals surface area contributed by atoms with E-state index in [9.17, 15) is 10.1 Å². The van der Waals surface area contributed by atoms with Crippen LogP contribution in [-0.2, 0) is 4.79 Å². The molecule has 0 unspecified atom stereocenters. The highest BCUT2D eigenvalue weighted by molar-refractivity contribution is 9.10. The number of hydrogen-bond acceptors (Lipinski definition) is 5. The Hall–Kier alpha value is -3.40. The van der Waals surface area contributed by atoms with E-state index in [0.29, 0.717) is 16.3 Å². The lowest BCUT2D eigenvalue weighted by molar-refractivity contribution is -0.131. The minimum absolute atomic E-state index is 0.0320. The first kappa shape index (κ1) is 21.8. The highest BCUT2D eigenvalue weighted by atomic mass is 79.9. The van der Waals surface area contributed by atoms with E-state index in [1.807, 2.05) is 66.7 Å². The SMILES string of the molecule is N#Cc1c(-c2ccccc2)cc(-c2ccccc2)nc1SCC(=O)Oc1ccc(Br)cc1. The number of aromatic nitrogens is 1. The summed E-state index contributed by atoms with van der Waals surface area (Å²) in [5.41, 5.74) is 3.83. The van der Waals surface area contributed by atoms with Gasteiger partial charge in [0.05, 0.1) is 17.0 Å². The molecule has 4 rings (SSSR count). The second-order valence-corrected chi connectivity index (χ2v) is 8.68. The number of pyridine rings is 1. The Balaban J connectivity index is 1.66. The maximum absolute atomic E-state index is 12.4. The number of carbonyl (C=O) groups is 1. The third-order valence-corrected chi connectivity index (χ3v) is 6.10. The van der Waals surface area contributed by atoms with Gasteiger partial charge in [-0.15, -0.1) is 0 Å². The highest BCUT2D eigenvalue weighted by Crippen LogP contribution is 2.34. The van der Waals surface area contributed by atoms with Crippen LogP contribution in [0, 0.1) is 11.3 Å². The van der Waals surface area contributed by atoms with E-state index in [-0.39, 0.29) is 5.75 Å². The van der Waals surface area contributed by atoms with E-state index in [0.717, 1.165) is 26.9 Å². The average Bonchev–Trinajstić information content (AvgIpc) is 2.84. The summed E-state index contributed by atoms with van der Waals surface area (Å²) in [7, 11) is 0. The van der Waals surface area contributed by atoms with Crippen molar-refractivity contribution in [1.82, 2.24) is 4.98 Å². The number of rotatable bonds is 6. The Labute approximate surface area is 199 Å². The van der Waals surface area contributed by atoms with Crippen molar-refractivity contribution in [3.05, 3.63) is 101 Å². The van der Waals surface area contributed by atoms with Crippen LogP contribution in [-0.4, -0.2) is 16.7 Å². The number of benzene rings is 3. The lowest BCUT2D eigenvalue weighted by Crippen LogP contribution is -2.11. The average molecular weight is 501 g/mol. The summed E-state index contributed by atoms with van der Waals surface area (Å²) < 4.78 is 6.31. The first-order valence-corrected chi connectivity index (χ1v) is 11.6. The van der Waals surface area contributed by atoms with Crippen LogP contribution in [0.3, 0.4) is 0 Å². The fourth-order valence-corrected chi connectivity index (χ4v) is 4.17. The minimum atomic E-state index is -0.408. The maximum atomic E-state index is 12.4. The van der Waals surface area contributed by atoms with Gasteiger partial charge in [-0.1, -0.05) is 88.4 Å². The van der Waals surface area contributed by atoms with Crippen molar-refractivity contribution >= 4 is 33.7 Å². The Morgan fingerprint density at radius 3 is 2.19 bits per heavy atom. The predicted molar refractivity (Wildman–Crippen MR) is 130 cm³/mol. The molecule has 4 aromatic rings. The third-order valence-electron chi connectivity index (χ3n) is 4.62. The van der Waals surface area contributed by atoms with Crippen LogP contribution < -0.4 is 4.74 Å². The molecule has 0 saturated carbocycles. The normalized spacial score (nSPS) is 10.4. The molecule has 0 aliphatic carbocycles. The van der Waals surface area contributed by atoms with Gasteiger partial charge in [-0.2, -0.15) is 5.26 Å². The summed E-state index contributed by atoms with van der Waals surface area (Å²) in [5.74, 6) is 0.0918. The molecule has 0 fully saturated rings. The topological polar surface area (TPSA) is 63.0 Å². The molecule has 6 heteroatoms. The molecular weight excluding hydrogens is 484 g/mol. The standard InChI is InChI=1S/C26H17BrN2O2S/c27-20-11-13-21(14-12-20)31-25(30)17-32-26-23(16-28)22(18-7-3-1-4-8-18)15-24(29-26)19-9-5-2-6-10-19/h1-15H,17H2. The number of ether oxygens (including phenoxy) is 1. The van der Waals surface area contributed by atoms with Crippen molar-refractivity contribution in [2.24, 2.45) is 0 Å². The van der Waals surface area contributed by atoms with Crippen LogP contribution in [0.4, 0.5) is 0 Å². The molecule has 0 radical (unpaired) electrons. The minimum Gasteiger partial charge on any atom is -0.426 e. The zero-order chi connectivity index (χ0) is 22.3. The van der Waals surface area contributed by atoms with Gasteiger partial charge in [0.2, 0.25) is 0 Å². The molecule has 1 aromatic heterocycles. The number of nitrogens with zero attached hydrogens (tertiary/aromatic N) is 2. The molecule has 32 heavy (non-hydrogen) atoms. The summed E-state index contributed by atoms with van der Waals surface area (Å²) in [6.45, 7) is 0. The lowest BCUT2D eigenvalue weighted by Gasteiger charge is -2.12. The molecule has 0 spiro atoms. The summed E-state index contributed by atoms with van der Waals surface area (Å²) in [4.78, 5) is 17.1. The Morgan fingerprint density at radius 1 is 0.938 bits per heavy atom. The first-order valence-electron chi connectivity index (χ1n) is 9.79. The molecule has 0 amide bonds. The Morgan fingerprint density at radius 2 is 1.56 bits per heavy atom.